The van der Waals surface area contributed by atoms with Crippen molar-refractivity contribution in [3.05, 3.63) is 41.4 Å². The molecule has 2 heterocycles. The molecule has 5 nitrogen and oxygen atoms in total. The topological polar surface area (TPSA) is 56.4 Å². The number of hydrogen-bond donors (Lipinski definition) is 3. The molecule has 6 heteroatoms. The Labute approximate surface area is 147 Å². The van der Waals surface area contributed by atoms with E-state index in [9.17, 15) is 4.79 Å². The molecule has 0 radical (unpaired) electrons. The number of fused-ring (bicyclic) bond motifs is 1. The van der Waals surface area contributed by atoms with E-state index in [-0.39, 0.29) is 6.03 Å². The summed E-state index contributed by atoms with van der Waals surface area (Å²) < 4.78 is 0. The number of hydrazine groups is 1. The summed E-state index contributed by atoms with van der Waals surface area (Å²) >= 11 is 5.99. The highest BCUT2D eigenvalue weighted by molar-refractivity contribution is 6.30. The van der Waals surface area contributed by atoms with E-state index in [0.29, 0.717) is 28.9 Å². The monoisotopic (exact) mass is 346 g/mol. The second kappa shape index (κ2) is 6.75. The number of halogens is 1. The molecule has 2 saturated heterocycles. The van der Waals surface area contributed by atoms with Crippen LogP contribution in [0.2, 0.25) is 5.02 Å². The third-order valence-electron chi connectivity index (χ3n) is 5.47. The minimum Gasteiger partial charge on any atom is -0.324 e. The highest BCUT2D eigenvalue weighted by Crippen LogP contribution is 2.33. The summed E-state index contributed by atoms with van der Waals surface area (Å²) in [4.78, 5) is 14.6. The Balaban J connectivity index is 1.40. The fourth-order valence-corrected chi connectivity index (χ4v) is 4.38. The number of allylic oxidation sites excluding steroid dienone is 2. The van der Waals surface area contributed by atoms with Gasteiger partial charge in [-0.05, 0) is 43.4 Å². The molecule has 0 bridgehead atoms. The molecular weight excluding hydrogens is 324 g/mol. The number of likely N-dealkylation sites (tertiary alicyclic amines) is 1. The molecule has 1 aromatic rings. The normalized spacial score (nSPS) is 29.7. The molecule has 4 rings (SSSR count). The Hall–Kier alpha value is -1.56. The molecule has 1 aromatic carbocycles. The van der Waals surface area contributed by atoms with E-state index in [1.807, 2.05) is 17.0 Å². The first-order valence-corrected chi connectivity index (χ1v) is 9.06. The van der Waals surface area contributed by atoms with E-state index < -0.39 is 0 Å². The smallest absolute Gasteiger partial charge is 0.321 e. The third-order valence-corrected chi connectivity index (χ3v) is 5.71. The van der Waals surface area contributed by atoms with Crippen LogP contribution in [0.15, 0.2) is 36.4 Å². The molecule has 0 aromatic heterocycles. The molecular formula is C18H23ClN4O. The largest absolute Gasteiger partial charge is 0.324 e. The molecule has 2 amide bonds. The van der Waals surface area contributed by atoms with Crippen LogP contribution in [0, 0.1) is 11.8 Å². The SMILES string of the molecule is O=C(Nc1cccc(Cl)c1)N1CCC2NNC(C3CC=CC3)C2C1. The number of piperidine rings is 1. The van der Waals surface area contributed by atoms with Gasteiger partial charge in [-0.1, -0.05) is 29.8 Å². The van der Waals surface area contributed by atoms with Crippen molar-refractivity contribution in [2.24, 2.45) is 11.8 Å². The Bertz CT molecular complexity index is 642. The Morgan fingerprint density at radius 1 is 1.25 bits per heavy atom. The van der Waals surface area contributed by atoms with Gasteiger partial charge in [-0.15, -0.1) is 0 Å². The van der Waals surface area contributed by atoms with Crippen LogP contribution in [0.3, 0.4) is 0 Å². The predicted molar refractivity (Wildman–Crippen MR) is 95.9 cm³/mol. The minimum atomic E-state index is -0.0362. The zero-order chi connectivity index (χ0) is 16.5. The maximum Gasteiger partial charge on any atom is 0.321 e. The van der Waals surface area contributed by atoms with E-state index >= 15 is 0 Å². The molecule has 3 aliphatic rings. The molecule has 0 spiro atoms. The number of urea groups is 1. The van der Waals surface area contributed by atoms with Gasteiger partial charge < -0.3 is 10.2 Å². The van der Waals surface area contributed by atoms with Crippen LogP contribution >= 0.6 is 11.6 Å². The molecule has 3 N–H and O–H groups in total. The van der Waals surface area contributed by atoms with Gasteiger partial charge >= 0.3 is 6.03 Å². The fraction of sp³-hybridized carbons (Fsp3) is 0.500. The van der Waals surface area contributed by atoms with Crippen molar-refractivity contribution >= 4 is 23.3 Å². The molecule has 1 aliphatic carbocycles. The van der Waals surface area contributed by atoms with E-state index in [2.05, 4.69) is 28.3 Å². The number of nitrogens with zero attached hydrogens (tertiary/aromatic N) is 1. The van der Waals surface area contributed by atoms with Gasteiger partial charge in [0, 0.05) is 41.8 Å². The van der Waals surface area contributed by atoms with Crippen molar-refractivity contribution in [3.63, 3.8) is 0 Å². The Kier molecular flexibility index (Phi) is 4.48. The van der Waals surface area contributed by atoms with Crippen molar-refractivity contribution in [2.75, 3.05) is 18.4 Å². The summed E-state index contributed by atoms with van der Waals surface area (Å²) in [6, 6.07) is 8.15. The average molecular weight is 347 g/mol. The van der Waals surface area contributed by atoms with E-state index in [1.165, 1.54) is 0 Å². The summed E-state index contributed by atoms with van der Waals surface area (Å²) in [6.45, 7) is 1.57. The predicted octanol–water partition coefficient (Wildman–Crippen LogP) is 3.01. The second-order valence-corrected chi connectivity index (χ2v) is 7.40. The molecule has 24 heavy (non-hydrogen) atoms. The highest BCUT2D eigenvalue weighted by atomic mass is 35.5. The van der Waals surface area contributed by atoms with E-state index in [1.54, 1.807) is 12.1 Å². The van der Waals surface area contributed by atoms with E-state index in [4.69, 9.17) is 11.6 Å². The van der Waals surface area contributed by atoms with Crippen LogP contribution in [0.1, 0.15) is 19.3 Å². The van der Waals surface area contributed by atoms with Gasteiger partial charge in [0.1, 0.15) is 0 Å². The number of rotatable bonds is 2. The zero-order valence-corrected chi connectivity index (χ0v) is 14.3. The van der Waals surface area contributed by atoms with Crippen molar-refractivity contribution in [1.82, 2.24) is 15.8 Å². The average Bonchev–Trinajstić information content (AvgIpc) is 3.23. The molecule has 2 aliphatic heterocycles. The summed E-state index contributed by atoms with van der Waals surface area (Å²) in [5, 5.41) is 3.60. The van der Waals surface area contributed by atoms with Crippen LogP contribution in [-0.4, -0.2) is 36.1 Å². The lowest BCUT2D eigenvalue weighted by molar-refractivity contribution is 0.156. The standard InChI is InChI=1S/C18H23ClN4O/c19-13-6-3-7-14(10-13)20-18(24)23-9-8-16-15(11-23)17(22-21-16)12-4-1-2-5-12/h1-3,6-7,10,12,15-17,21-22H,4-5,8-9,11H2,(H,20,24). The molecule has 3 atom stereocenters. The first-order chi connectivity index (χ1) is 11.7. The lowest BCUT2D eigenvalue weighted by Gasteiger charge is -2.37. The number of benzene rings is 1. The maximum atomic E-state index is 12.6. The lowest BCUT2D eigenvalue weighted by Crippen LogP contribution is -2.50. The summed E-state index contributed by atoms with van der Waals surface area (Å²) in [7, 11) is 0. The first-order valence-electron chi connectivity index (χ1n) is 8.68. The molecule has 128 valence electrons. The minimum absolute atomic E-state index is 0.0362. The third kappa shape index (κ3) is 3.16. The van der Waals surface area contributed by atoms with Gasteiger partial charge in [-0.25, -0.2) is 4.79 Å². The summed E-state index contributed by atoms with van der Waals surface area (Å²) in [5.74, 6) is 1.11. The van der Waals surface area contributed by atoms with Crippen molar-refractivity contribution in [1.29, 1.82) is 0 Å². The van der Waals surface area contributed by atoms with Crippen molar-refractivity contribution in [3.8, 4) is 0 Å². The zero-order valence-electron chi connectivity index (χ0n) is 13.5. The maximum absolute atomic E-state index is 12.6. The second-order valence-electron chi connectivity index (χ2n) is 6.96. The van der Waals surface area contributed by atoms with Crippen molar-refractivity contribution < 1.29 is 4.79 Å². The quantitative estimate of drug-likeness (QED) is 0.721. The number of nitrogens with one attached hydrogen (secondary N) is 3. The Morgan fingerprint density at radius 2 is 2.08 bits per heavy atom. The number of carbonyl (C=O) groups is 1. The van der Waals surface area contributed by atoms with Crippen LogP contribution in [0.25, 0.3) is 0 Å². The van der Waals surface area contributed by atoms with E-state index in [0.717, 1.165) is 38.0 Å². The highest BCUT2D eigenvalue weighted by Gasteiger charge is 2.43. The van der Waals surface area contributed by atoms with Crippen LogP contribution in [0.4, 0.5) is 10.5 Å². The lowest BCUT2D eigenvalue weighted by atomic mass is 9.81. The van der Waals surface area contributed by atoms with Gasteiger partial charge in [-0.2, -0.15) is 0 Å². The van der Waals surface area contributed by atoms with Gasteiger partial charge in [0.2, 0.25) is 0 Å². The van der Waals surface area contributed by atoms with Gasteiger partial charge in [0.05, 0.1) is 0 Å². The van der Waals surface area contributed by atoms with Gasteiger partial charge in [-0.3, -0.25) is 10.9 Å². The first kappa shape index (κ1) is 15.9. The molecule has 2 fully saturated rings. The van der Waals surface area contributed by atoms with Crippen LogP contribution in [0.5, 0.6) is 0 Å². The van der Waals surface area contributed by atoms with Gasteiger partial charge in [0.25, 0.3) is 0 Å². The molecule has 0 saturated carbocycles. The fourth-order valence-electron chi connectivity index (χ4n) is 4.19. The number of amides is 2. The summed E-state index contributed by atoms with van der Waals surface area (Å²) in [5.41, 5.74) is 7.68. The van der Waals surface area contributed by atoms with Gasteiger partial charge in [0.15, 0.2) is 0 Å². The van der Waals surface area contributed by atoms with Crippen LogP contribution < -0.4 is 16.2 Å². The number of hydrogen-bond acceptors (Lipinski definition) is 3. The number of anilines is 1. The molecule has 3 unspecified atom stereocenters. The van der Waals surface area contributed by atoms with Crippen LogP contribution in [-0.2, 0) is 0 Å². The summed E-state index contributed by atoms with van der Waals surface area (Å²) in [6.07, 6.45) is 7.80. The number of carbonyl (C=O) groups excluding carboxylic acids is 1. The Morgan fingerprint density at radius 3 is 2.88 bits per heavy atom. The van der Waals surface area contributed by atoms with Crippen molar-refractivity contribution in [2.45, 2.75) is 31.3 Å².